The molecule has 1 fully saturated rings. The van der Waals surface area contributed by atoms with Crippen molar-refractivity contribution in [1.29, 1.82) is 0 Å². The Hall–Kier alpha value is -1.26. The van der Waals surface area contributed by atoms with Gasteiger partial charge >= 0.3 is 0 Å². The third-order valence-corrected chi connectivity index (χ3v) is 5.49. The van der Waals surface area contributed by atoms with Crippen molar-refractivity contribution >= 4 is 11.9 Å². The van der Waals surface area contributed by atoms with Crippen LogP contribution in [0.25, 0.3) is 0 Å². The Labute approximate surface area is 161 Å². The number of aliphatic imine (C=N–C) groups is 1. The second kappa shape index (κ2) is 14.9. The van der Waals surface area contributed by atoms with Crippen molar-refractivity contribution in [3.05, 3.63) is 0 Å². The van der Waals surface area contributed by atoms with Gasteiger partial charge in [-0.2, -0.15) is 0 Å². The van der Waals surface area contributed by atoms with Gasteiger partial charge in [0.1, 0.15) is 0 Å². The molecule has 1 amide bonds. The standard InChI is InChI=1S/C21H42N4O/c1-2-3-4-5-6-7-8-9-10-11-12-13-20(26)25-16-14-19(15-17-25)18-24-21(22)23/h19H,2-18H2,1H3,(H4,22,23,24). The zero-order chi connectivity index (χ0) is 19.0. The van der Waals surface area contributed by atoms with Crippen LogP contribution in [0.15, 0.2) is 4.99 Å². The van der Waals surface area contributed by atoms with Gasteiger partial charge in [-0.1, -0.05) is 71.1 Å². The molecule has 1 aliphatic heterocycles. The van der Waals surface area contributed by atoms with Crippen molar-refractivity contribution in [2.75, 3.05) is 19.6 Å². The molecule has 152 valence electrons. The van der Waals surface area contributed by atoms with E-state index >= 15 is 0 Å². The lowest BCUT2D eigenvalue weighted by Crippen LogP contribution is -2.39. The maximum Gasteiger partial charge on any atom is 0.222 e. The van der Waals surface area contributed by atoms with Gasteiger partial charge in [0.15, 0.2) is 5.96 Å². The second-order valence-corrected chi connectivity index (χ2v) is 7.88. The fourth-order valence-corrected chi connectivity index (χ4v) is 3.70. The van der Waals surface area contributed by atoms with Crippen molar-refractivity contribution in [3.8, 4) is 0 Å². The molecule has 0 aromatic rings. The SMILES string of the molecule is CCCCCCCCCCCCCC(=O)N1CCC(CN=C(N)N)CC1. The Morgan fingerprint density at radius 3 is 1.88 bits per heavy atom. The molecule has 1 saturated heterocycles. The van der Waals surface area contributed by atoms with Crippen LogP contribution in [0.4, 0.5) is 0 Å². The first-order valence-electron chi connectivity index (χ1n) is 11.0. The summed E-state index contributed by atoms with van der Waals surface area (Å²) in [7, 11) is 0. The number of carbonyl (C=O) groups excluding carboxylic acids is 1. The summed E-state index contributed by atoms with van der Waals surface area (Å²) in [5.74, 6) is 1.02. The normalized spacial score (nSPS) is 15.2. The number of carbonyl (C=O) groups is 1. The van der Waals surface area contributed by atoms with E-state index < -0.39 is 0 Å². The molecule has 0 spiro atoms. The van der Waals surface area contributed by atoms with Gasteiger partial charge in [0.25, 0.3) is 0 Å². The quantitative estimate of drug-likeness (QED) is 0.274. The molecule has 4 N–H and O–H groups in total. The lowest BCUT2D eigenvalue weighted by Gasteiger charge is -2.31. The number of guanidine groups is 1. The van der Waals surface area contributed by atoms with Crippen LogP contribution in [-0.4, -0.2) is 36.4 Å². The molecule has 5 heteroatoms. The minimum atomic E-state index is 0.167. The maximum absolute atomic E-state index is 12.3. The van der Waals surface area contributed by atoms with E-state index in [1.807, 2.05) is 4.90 Å². The number of likely N-dealkylation sites (tertiary alicyclic amines) is 1. The molecule has 0 atom stereocenters. The molecule has 1 rings (SSSR count). The first-order chi connectivity index (χ1) is 12.6. The largest absolute Gasteiger partial charge is 0.370 e. The summed E-state index contributed by atoms with van der Waals surface area (Å²) in [5.41, 5.74) is 10.8. The van der Waals surface area contributed by atoms with Gasteiger partial charge in [0.2, 0.25) is 5.91 Å². The summed E-state index contributed by atoms with van der Waals surface area (Å²) < 4.78 is 0. The molecule has 0 aromatic heterocycles. The van der Waals surface area contributed by atoms with Gasteiger partial charge in [-0.25, -0.2) is 0 Å². The Balaban J connectivity index is 1.94. The van der Waals surface area contributed by atoms with Crippen LogP contribution < -0.4 is 11.5 Å². The number of amides is 1. The zero-order valence-corrected chi connectivity index (χ0v) is 17.1. The van der Waals surface area contributed by atoms with Crippen molar-refractivity contribution in [1.82, 2.24) is 4.90 Å². The fourth-order valence-electron chi connectivity index (χ4n) is 3.70. The van der Waals surface area contributed by atoms with Crippen LogP contribution in [0.2, 0.25) is 0 Å². The molecular formula is C21H42N4O. The Morgan fingerprint density at radius 1 is 0.885 bits per heavy atom. The number of hydrogen-bond donors (Lipinski definition) is 2. The molecule has 0 bridgehead atoms. The number of nitrogens with two attached hydrogens (primary N) is 2. The van der Waals surface area contributed by atoms with Gasteiger partial charge in [0.05, 0.1) is 0 Å². The van der Waals surface area contributed by atoms with Crippen LogP contribution in [0.3, 0.4) is 0 Å². The highest BCUT2D eigenvalue weighted by molar-refractivity contribution is 5.76. The fraction of sp³-hybridized carbons (Fsp3) is 0.905. The summed E-state index contributed by atoms with van der Waals surface area (Å²) >= 11 is 0. The van der Waals surface area contributed by atoms with Crippen molar-refractivity contribution in [3.63, 3.8) is 0 Å². The second-order valence-electron chi connectivity index (χ2n) is 7.88. The minimum Gasteiger partial charge on any atom is -0.370 e. The van der Waals surface area contributed by atoms with Gasteiger partial charge < -0.3 is 16.4 Å². The van der Waals surface area contributed by atoms with Crippen molar-refractivity contribution in [2.24, 2.45) is 22.4 Å². The molecule has 0 radical (unpaired) electrons. The van der Waals surface area contributed by atoms with Crippen molar-refractivity contribution in [2.45, 2.75) is 96.8 Å². The zero-order valence-electron chi connectivity index (χ0n) is 17.1. The third-order valence-electron chi connectivity index (χ3n) is 5.49. The first-order valence-corrected chi connectivity index (χ1v) is 11.0. The predicted octanol–water partition coefficient (Wildman–Crippen LogP) is 4.20. The van der Waals surface area contributed by atoms with Crippen LogP contribution in [0.5, 0.6) is 0 Å². The number of rotatable bonds is 14. The highest BCUT2D eigenvalue weighted by Crippen LogP contribution is 2.19. The topological polar surface area (TPSA) is 84.7 Å². The van der Waals surface area contributed by atoms with Crippen molar-refractivity contribution < 1.29 is 4.79 Å². The van der Waals surface area contributed by atoms with E-state index in [0.717, 1.165) is 38.8 Å². The molecule has 0 unspecified atom stereocenters. The molecule has 26 heavy (non-hydrogen) atoms. The van der Waals surface area contributed by atoms with Gasteiger partial charge in [-0.05, 0) is 25.2 Å². The van der Waals surface area contributed by atoms with E-state index in [1.165, 1.54) is 64.2 Å². The van der Waals surface area contributed by atoms with E-state index in [-0.39, 0.29) is 5.96 Å². The van der Waals surface area contributed by atoms with Crippen LogP contribution in [0, 0.1) is 5.92 Å². The average molecular weight is 367 g/mol. The smallest absolute Gasteiger partial charge is 0.222 e. The molecule has 5 nitrogen and oxygen atoms in total. The summed E-state index contributed by atoms with van der Waals surface area (Å²) in [6.45, 7) is 4.69. The van der Waals surface area contributed by atoms with E-state index in [0.29, 0.717) is 18.4 Å². The summed E-state index contributed by atoms with van der Waals surface area (Å²) in [5, 5.41) is 0. The lowest BCUT2D eigenvalue weighted by molar-refractivity contribution is -0.132. The van der Waals surface area contributed by atoms with Gasteiger partial charge in [-0.3, -0.25) is 9.79 Å². The number of piperidine rings is 1. The highest BCUT2D eigenvalue weighted by atomic mass is 16.2. The Morgan fingerprint density at radius 2 is 1.38 bits per heavy atom. The highest BCUT2D eigenvalue weighted by Gasteiger charge is 2.22. The minimum absolute atomic E-state index is 0.167. The molecule has 1 aliphatic rings. The van der Waals surface area contributed by atoms with Crippen LogP contribution >= 0.6 is 0 Å². The van der Waals surface area contributed by atoms with Crippen LogP contribution in [-0.2, 0) is 4.79 Å². The molecule has 1 heterocycles. The third kappa shape index (κ3) is 11.4. The first kappa shape index (κ1) is 22.8. The number of unbranched alkanes of at least 4 members (excludes halogenated alkanes) is 10. The monoisotopic (exact) mass is 366 g/mol. The Bertz CT molecular complexity index is 385. The van der Waals surface area contributed by atoms with E-state index in [4.69, 9.17) is 11.5 Å². The van der Waals surface area contributed by atoms with Crippen LogP contribution in [0.1, 0.15) is 96.8 Å². The summed E-state index contributed by atoms with van der Waals surface area (Å²) in [4.78, 5) is 18.4. The van der Waals surface area contributed by atoms with E-state index in [2.05, 4.69) is 11.9 Å². The predicted molar refractivity (Wildman–Crippen MR) is 111 cm³/mol. The molecule has 0 saturated carbocycles. The molecule has 0 aromatic carbocycles. The molecule has 0 aliphatic carbocycles. The summed E-state index contributed by atoms with van der Waals surface area (Å²) in [6.07, 6.45) is 17.3. The van der Waals surface area contributed by atoms with Gasteiger partial charge in [0, 0.05) is 26.1 Å². The number of hydrogen-bond acceptors (Lipinski definition) is 2. The van der Waals surface area contributed by atoms with Gasteiger partial charge in [-0.15, -0.1) is 0 Å². The Kier molecular flexibility index (Phi) is 13.0. The van der Waals surface area contributed by atoms with E-state index in [9.17, 15) is 4.79 Å². The lowest BCUT2D eigenvalue weighted by atomic mass is 9.96. The summed E-state index contributed by atoms with van der Waals surface area (Å²) in [6, 6.07) is 0. The molecular weight excluding hydrogens is 324 g/mol. The number of nitrogens with zero attached hydrogens (tertiary/aromatic N) is 2. The van der Waals surface area contributed by atoms with E-state index in [1.54, 1.807) is 0 Å². The average Bonchev–Trinajstić information content (AvgIpc) is 2.64. The maximum atomic E-state index is 12.3.